The van der Waals surface area contributed by atoms with Gasteiger partial charge in [-0.05, 0) is 42.0 Å². The Labute approximate surface area is 181 Å². The molecule has 1 aliphatic heterocycles. The van der Waals surface area contributed by atoms with Gasteiger partial charge >= 0.3 is 0 Å². The molecule has 0 radical (unpaired) electrons. The molecule has 0 aliphatic carbocycles. The third kappa shape index (κ3) is 5.26. The van der Waals surface area contributed by atoms with E-state index in [1.807, 2.05) is 30.3 Å². The molecule has 4 rings (SSSR count). The van der Waals surface area contributed by atoms with Crippen LogP contribution >= 0.6 is 0 Å². The number of para-hydroxylation sites is 1. The molecule has 0 atom stereocenters. The highest BCUT2D eigenvalue weighted by Gasteiger charge is 2.17. The van der Waals surface area contributed by atoms with Crippen molar-refractivity contribution in [1.29, 1.82) is 0 Å². The van der Waals surface area contributed by atoms with Gasteiger partial charge in [-0.2, -0.15) is 0 Å². The number of benzene rings is 3. The minimum atomic E-state index is -0.484. The van der Waals surface area contributed by atoms with Crippen molar-refractivity contribution >= 4 is 23.0 Å². The second kappa shape index (κ2) is 9.40. The van der Waals surface area contributed by atoms with Gasteiger partial charge in [-0.1, -0.05) is 30.3 Å². The van der Waals surface area contributed by atoms with Gasteiger partial charge in [-0.15, -0.1) is 0 Å². The van der Waals surface area contributed by atoms with Gasteiger partial charge in [0.25, 0.3) is 11.6 Å². The molecular formula is C24H24N4O3. The Kier molecular flexibility index (Phi) is 6.24. The molecule has 3 aromatic rings. The third-order valence-corrected chi connectivity index (χ3v) is 5.45. The van der Waals surface area contributed by atoms with Gasteiger partial charge in [0.05, 0.1) is 4.92 Å². The lowest BCUT2D eigenvalue weighted by Gasteiger charge is -2.36. The number of carbonyl (C=O) groups excluding carboxylic acids is 1. The molecular weight excluding hydrogens is 392 g/mol. The maximum Gasteiger partial charge on any atom is 0.269 e. The number of amides is 1. The van der Waals surface area contributed by atoms with Crippen molar-refractivity contribution in [3.8, 4) is 0 Å². The predicted octanol–water partition coefficient (Wildman–Crippen LogP) is 4.17. The molecule has 0 bridgehead atoms. The molecule has 31 heavy (non-hydrogen) atoms. The van der Waals surface area contributed by atoms with Crippen LogP contribution < -0.4 is 10.2 Å². The number of nitrogens with zero attached hydrogens (tertiary/aromatic N) is 3. The standard InChI is InChI=1S/C24H24N4O3/c29-24(20-8-12-23(13-9-20)28(30)31)25-21-10-6-19(7-11-21)18-26-14-16-27(17-15-26)22-4-2-1-3-5-22/h1-13H,14-18H2,(H,25,29). The van der Waals surface area contributed by atoms with E-state index in [9.17, 15) is 14.9 Å². The number of rotatable bonds is 6. The number of hydrogen-bond acceptors (Lipinski definition) is 5. The summed E-state index contributed by atoms with van der Waals surface area (Å²) in [5.41, 5.74) is 3.51. The number of piperazine rings is 1. The Bertz CT molecular complexity index is 1030. The topological polar surface area (TPSA) is 78.7 Å². The molecule has 1 aliphatic rings. The normalized spacial score (nSPS) is 14.3. The van der Waals surface area contributed by atoms with E-state index in [-0.39, 0.29) is 11.6 Å². The van der Waals surface area contributed by atoms with Crippen molar-refractivity contribution in [3.05, 3.63) is 100 Å². The lowest BCUT2D eigenvalue weighted by molar-refractivity contribution is -0.384. The van der Waals surface area contributed by atoms with Crippen LogP contribution in [0.4, 0.5) is 17.1 Å². The molecule has 7 nitrogen and oxygen atoms in total. The first kappa shape index (κ1) is 20.6. The average molecular weight is 416 g/mol. The van der Waals surface area contributed by atoms with Crippen molar-refractivity contribution < 1.29 is 9.72 Å². The maximum absolute atomic E-state index is 12.4. The Morgan fingerprint density at radius 3 is 2.13 bits per heavy atom. The lowest BCUT2D eigenvalue weighted by atomic mass is 10.1. The van der Waals surface area contributed by atoms with E-state index in [2.05, 4.69) is 39.4 Å². The van der Waals surface area contributed by atoms with Crippen LogP contribution in [-0.2, 0) is 6.54 Å². The second-order valence-electron chi connectivity index (χ2n) is 7.55. The summed E-state index contributed by atoms with van der Waals surface area (Å²) in [5, 5.41) is 13.6. The molecule has 158 valence electrons. The van der Waals surface area contributed by atoms with Crippen molar-refractivity contribution in [2.45, 2.75) is 6.54 Å². The molecule has 1 fully saturated rings. The molecule has 0 aromatic heterocycles. The first-order valence-electron chi connectivity index (χ1n) is 10.3. The summed E-state index contributed by atoms with van der Waals surface area (Å²) >= 11 is 0. The third-order valence-electron chi connectivity index (χ3n) is 5.45. The highest BCUT2D eigenvalue weighted by atomic mass is 16.6. The Morgan fingerprint density at radius 2 is 1.52 bits per heavy atom. The van der Waals surface area contributed by atoms with Gasteiger partial charge in [-0.3, -0.25) is 19.8 Å². The van der Waals surface area contributed by atoms with Gasteiger partial charge in [0, 0.05) is 61.8 Å². The smallest absolute Gasteiger partial charge is 0.269 e. The van der Waals surface area contributed by atoms with Crippen LogP contribution in [0.1, 0.15) is 15.9 Å². The second-order valence-corrected chi connectivity index (χ2v) is 7.55. The fraction of sp³-hybridized carbons (Fsp3) is 0.208. The fourth-order valence-corrected chi connectivity index (χ4v) is 3.69. The summed E-state index contributed by atoms with van der Waals surface area (Å²) in [5.74, 6) is -0.292. The predicted molar refractivity (Wildman–Crippen MR) is 121 cm³/mol. The monoisotopic (exact) mass is 416 g/mol. The zero-order valence-corrected chi connectivity index (χ0v) is 17.1. The molecule has 1 heterocycles. The number of nitro benzene ring substituents is 1. The molecule has 7 heteroatoms. The molecule has 0 spiro atoms. The zero-order chi connectivity index (χ0) is 21.6. The number of anilines is 2. The summed E-state index contributed by atoms with van der Waals surface area (Å²) in [7, 11) is 0. The molecule has 0 unspecified atom stereocenters. The summed E-state index contributed by atoms with van der Waals surface area (Å²) in [4.78, 5) is 27.4. The van der Waals surface area contributed by atoms with Crippen molar-refractivity contribution in [1.82, 2.24) is 4.90 Å². The van der Waals surface area contributed by atoms with E-state index in [0.717, 1.165) is 32.7 Å². The summed E-state index contributed by atoms with van der Waals surface area (Å²) in [6, 6.07) is 23.9. The van der Waals surface area contributed by atoms with Crippen molar-refractivity contribution in [2.75, 3.05) is 36.4 Å². The van der Waals surface area contributed by atoms with E-state index in [0.29, 0.717) is 11.3 Å². The van der Waals surface area contributed by atoms with E-state index in [4.69, 9.17) is 0 Å². The van der Waals surface area contributed by atoms with Crippen molar-refractivity contribution in [2.24, 2.45) is 0 Å². The summed E-state index contributed by atoms with van der Waals surface area (Å²) in [6.45, 7) is 4.90. The highest BCUT2D eigenvalue weighted by Crippen LogP contribution is 2.18. The Morgan fingerprint density at radius 1 is 0.871 bits per heavy atom. The fourth-order valence-electron chi connectivity index (χ4n) is 3.69. The van der Waals surface area contributed by atoms with Crippen LogP contribution in [0, 0.1) is 10.1 Å². The van der Waals surface area contributed by atoms with E-state index < -0.39 is 4.92 Å². The van der Waals surface area contributed by atoms with Crippen LogP contribution in [0.25, 0.3) is 0 Å². The van der Waals surface area contributed by atoms with Crippen LogP contribution in [0.2, 0.25) is 0 Å². The van der Waals surface area contributed by atoms with E-state index in [1.54, 1.807) is 0 Å². The largest absolute Gasteiger partial charge is 0.369 e. The van der Waals surface area contributed by atoms with E-state index in [1.165, 1.54) is 35.5 Å². The first-order chi connectivity index (χ1) is 15.1. The summed E-state index contributed by atoms with van der Waals surface area (Å²) < 4.78 is 0. The van der Waals surface area contributed by atoms with Gasteiger partial charge in [0.1, 0.15) is 0 Å². The lowest BCUT2D eigenvalue weighted by Crippen LogP contribution is -2.45. The number of carbonyl (C=O) groups is 1. The van der Waals surface area contributed by atoms with E-state index >= 15 is 0 Å². The minimum Gasteiger partial charge on any atom is -0.369 e. The highest BCUT2D eigenvalue weighted by molar-refractivity contribution is 6.04. The Balaban J connectivity index is 1.28. The van der Waals surface area contributed by atoms with Gasteiger partial charge in [0.15, 0.2) is 0 Å². The molecule has 1 N–H and O–H groups in total. The maximum atomic E-state index is 12.4. The molecule has 1 amide bonds. The number of nitro groups is 1. The molecule has 3 aromatic carbocycles. The van der Waals surface area contributed by atoms with Crippen LogP contribution in [0.15, 0.2) is 78.9 Å². The van der Waals surface area contributed by atoms with Crippen LogP contribution in [-0.4, -0.2) is 41.9 Å². The van der Waals surface area contributed by atoms with Crippen LogP contribution in [0.3, 0.4) is 0 Å². The zero-order valence-electron chi connectivity index (χ0n) is 17.1. The van der Waals surface area contributed by atoms with Crippen LogP contribution in [0.5, 0.6) is 0 Å². The SMILES string of the molecule is O=C(Nc1ccc(CN2CCN(c3ccccc3)CC2)cc1)c1ccc([N+](=O)[O-])cc1. The van der Waals surface area contributed by atoms with Crippen molar-refractivity contribution in [3.63, 3.8) is 0 Å². The quantitative estimate of drug-likeness (QED) is 0.482. The molecule has 1 saturated heterocycles. The first-order valence-corrected chi connectivity index (χ1v) is 10.3. The minimum absolute atomic E-state index is 0.0366. The number of nitrogens with one attached hydrogen (secondary N) is 1. The number of hydrogen-bond donors (Lipinski definition) is 1. The van der Waals surface area contributed by atoms with Gasteiger partial charge < -0.3 is 10.2 Å². The van der Waals surface area contributed by atoms with Gasteiger partial charge in [-0.25, -0.2) is 0 Å². The van der Waals surface area contributed by atoms with Gasteiger partial charge in [0.2, 0.25) is 0 Å². The average Bonchev–Trinajstić information content (AvgIpc) is 2.81. The Hall–Kier alpha value is -3.71. The molecule has 0 saturated carbocycles. The summed E-state index contributed by atoms with van der Waals surface area (Å²) in [6.07, 6.45) is 0. The number of non-ortho nitro benzene ring substituents is 1.